The summed E-state index contributed by atoms with van der Waals surface area (Å²) < 4.78 is 0. The molecule has 7 heteroatoms. The summed E-state index contributed by atoms with van der Waals surface area (Å²) in [6.07, 6.45) is 0.185. The Morgan fingerprint density at radius 3 is 2.35 bits per heavy atom. The zero-order valence-corrected chi connectivity index (χ0v) is 21.2. The first kappa shape index (κ1) is 26.2. The van der Waals surface area contributed by atoms with Crippen molar-refractivity contribution in [1.29, 1.82) is 0 Å². The summed E-state index contributed by atoms with van der Waals surface area (Å²) in [7, 11) is 0. The van der Waals surface area contributed by atoms with E-state index in [-0.39, 0.29) is 24.0 Å². The van der Waals surface area contributed by atoms with Crippen LogP contribution in [-0.4, -0.2) is 72.0 Å². The van der Waals surface area contributed by atoms with Crippen LogP contribution in [0.25, 0.3) is 0 Å². The second-order valence-corrected chi connectivity index (χ2v) is 12.8. The number of carbonyl (C=O) groups is 1. The molecule has 0 heterocycles. The standard InChI is InChI=1S/C27H44O7/c1-14(2)6-7-21(30)26(5,33)20-9-11-27(34)16-12-18(28)17-13-19(29)22(31)23(32)25(17,4)15(16)8-10-24(20,27)3/h12,14-15,17,19-23,29-34H,6-11,13H2,1-5H3/t15-,17-,19+,20-,21+,22+,23+,24+,25+,26+,27+/m0/s1. The van der Waals surface area contributed by atoms with Crippen LogP contribution < -0.4 is 0 Å². The summed E-state index contributed by atoms with van der Waals surface area (Å²) in [5, 5.41) is 66.5. The minimum Gasteiger partial charge on any atom is -0.390 e. The molecule has 4 rings (SSSR count). The summed E-state index contributed by atoms with van der Waals surface area (Å²) in [5.41, 5.74) is -3.90. The third-order valence-electron chi connectivity index (χ3n) is 10.7. The van der Waals surface area contributed by atoms with E-state index < -0.39 is 52.4 Å². The summed E-state index contributed by atoms with van der Waals surface area (Å²) in [5.74, 6) is -1.14. The quantitative estimate of drug-likeness (QED) is 0.352. The average Bonchev–Trinajstić information content (AvgIpc) is 3.04. The lowest BCUT2D eigenvalue weighted by Gasteiger charge is -2.61. The van der Waals surface area contributed by atoms with Crippen LogP contribution in [0.1, 0.15) is 79.6 Å². The topological polar surface area (TPSA) is 138 Å². The lowest BCUT2D eigenvalue weighted by Crippen LogP contribution is -2.66. The fourth-order valence-corrected chi connectivity index (χ4v) is 8.35. The van der Waals surface area contributed by atoms with Crippen molar-refractivity contribution in [1.82, 2.24) is 0 Å². The Hall–Kier alpha value is -0.830. The van der Waals surface area contributed by atoms with Crippen LogP contribution >= 0.6 is 0 Å². The normalized spacial score (nSPS) is 49.1. The molecule has 0 amide bonds. The van der Waals surface area contributed by atoms with Crippen molar-refractivity contribution < 1.29 is 35.4 Å². The van der Waals surface area contributed by atoms with E-state index in [9.17, 15) is 35.4 Å². The second-order valence-electron chi connectivity index (χ2n) is 12.8. The van der Waals surface area contributed by atoms with Gasteiger partial charge >= 0.3 is 0 Å². The second kappa shape index (κ2) is 8.35. The molecule has 4 aliphatic carbocycles. The van der Waals surface area contributed by atoms with E-state index in [4.69, 9.17) is 0 Å². The van der Waals surface area contributed by atoms with Gasteiger partial charge in [-0.3, -0.25) is 4.79 Å². The van der Waals surface area contributed by atoms with Gasteiger partial charge in [-0.2, -0.15) is 0 Å². The third kappa shape index (κ3) is 3.41. The zero-order valence-electron chi connectivity index (χ0n) is 21.2. The predicted molar refractivity (Wildman–Crippen MR) is 127 cm³/mol. The Balaban J connectivity index is 1.71. The Morgan fingerprint density at radius 2 is 1.74 bits per heavy atom. The van der Waals surface area contributed by atoms with Crippen molar-refractivity contribution in [2.45, 2.75) is 115 Å². The van der Waals surface area contributed by atoms with Gasteiger partial charge in [0.2, 0.25) is 0 Å². The first-order valence-electron chi connectivity index (χ1n) is 13.0. The number of allylic oxidation sites excluding steroid dienone is 1. The van der Waals surface area contributed by atoms with Crippen molar-refractivity contribution in [2.75, 3.05) is 0 Å². The van der Waals surface area contributed by atoms with E-state index in [0.717, 1.165) is 6.42 Å². The van der Waals surface area contributed by atoms with Crippen LogP contribution in [0.5, 0.6) is 0 Å². The van der Waals surface area contributed by atoms with Gasteiger partial charge in [0, 0.05) is 16.7 Å². The summed E-state index contributed by atoms with van der Waals surface area (Å²) in [6, 6.07) is 0. The molecule has 0 radical (unpaired) electrons. The number of rotatable bonds is 5. The maximum Gasteiger partial charge on any atom is 0.159 e. The SMILES string of the molecule is CC(C)CC[C@@H](O)[C@](C)(O)[C@H]1CC[C@@]2(O)C3=CC(=O)[C@@H]4C[C@@H](O)[C@@H](O)[C@@H](O)[C@]4(C)[C@H]3CC[C@]12C. The molecule has 0 spiro atoms. The molecule has 0 bridgehead atoms. The monoisotopic (exact) mass is 480 g/mol. The molecule has 3 saturated carbocycles. The maximum atomic E-state index is 13.3. The minimum atomic E-state index is -1.39. The van der Waals surface area contributed by atoms with Gasteiger partial charge in [-0.1, -0.05) is 27.7 Å². The molecular weight excluding hydrogens is 436 g/mol. The highest BCUT2D eigenvalue weighted by Gasteiger charge is 2.70. The number of hydrogen-bond acceptors (Lipinski definition) is 7. The molecule has 0 unspecified atom stereocenters. The fraction of sp³-hybridized carbons (Fsp3) is 0.889. The average molecular weight is 481 g/mol. The summed E-state index contributed by atoms with van der Waals surface area (Å²) in [6.45, 7) is 9.59. The molecule has 0 aliphatic heterocycles. The molecule has 11 atom stereocenters. The number of ketones is 1. The van der Waals surface area contributed by atoms with Gasteiger partial charge in [0.15, 0.2) is 5.78 Å². The van der Waals surface area contributed by atoms with Gasteiger partial charge in [-0.05, 0) is 81.3 Å². The van der Waals surface area contributed by atoms with E-state index in [0.29, 0.717) is 43.6 Å². The van der Waals surface area contributed by atoms with E-state index >= 15 is 0 Å². The molecule has 34 heavy (non-hydrogen) atoms. The Kier molecular flexibility index (Phi) is 6.45. The molecule has 0 aromatic carbocycles. The molecule has 194 valence electrons. The fourth-order valence-electron chi connectivity index (χ4n) is 8.35. The van der Waals surface area contributed by atoms with Gasteiger partial charge in [0.05, 0.1) is 29.5 Å². The van der Waals surface area contributed by atoms with Crippen molar-refractivity contribution in [3.63, 3.8) is 0 Å². The Labute approximate surface area is 202 Å². The molecule has 6 N–H and O–H groups in total. The first-order valence-corrected chi connectivity index (χ1v) is 13.0. The van der Waals surface area contributed by atoms with E-state index in [1.54, 1.807) is 13.8 Å². The van der Waals surface area contributed by atoms with Gasteiger partial charge in [0.1, 0.15) is 6.10 Å². The molecule has 0 saturated heterocycles. The largest absolute Gasteiger partial charge is 0.390 e. The predicted octanol–water partition coefficient (Wildman–Crippen LogP) is 1.71. The number of carbonyl (C=O) groups excluding carboxylic acids is 1. The van der Waals surface area contributed by atoms with E-state index in [1.807, 2.05) is 6.92 Å². The van der Waals surface area contributed by atoms with Crippen LogP contribution in [0.15, 0.2) is 11.6 Å². The highest BCUT2D eigenvalue weighted by Crippen LogP contribution is 2.68. The van der Waals surface area contributed by atoms with Gasteiger partial charge in [0.25, 0.3) is 0 Å². The van der Waals surface area contributed by atoms with E-state index in [1.165, 1.54) is 6.08 Å². The van der Waals surface area contributed by atoms with Crippen molar-refractivity contribution in [2.24, 2.45) is 34.5 Å². The van der Waals surface area contributed by atoms with Crippen molar-refractivity contribution >= 4 is 5.78 Å². The third-order valence-corrected chi connectivity index (χ3v) is 10.7. The molecule has 0 aromatic heterocycles. The lowest BCUT2D eigenvalue weighted by molar-refractivity contribution is -0.204. The summed E-state index contributed by atoms with van der Waals surface area (Å²) >= 11 is 0. The highest BCUT2D eigenvalue weighted by atomic mass is 16.4. The van der Waals surface area contributed by atoms with Crippen LogP contribution in [0, 0.1) is 34.5 Å². The van der Waals surface area contributed by atoms with Crippen molar-refractivity contribution in [3.05, 3.63) is 11.6 Å². The van der Waals surface area contributed by atoms with E-state index in [2.05, 4.69) is 13.8 Å². The number of aliphatic hydroxyl groups excluding tert-OH is 4. The Bertz CT molecular complexity index is 852. The van der Waals surface area contributed by atoms with Gasteiger partial charge in [-0.15, -0.1) is 0 Å². The Morgan fingerprint density at radius 1 is 1.09 bits per heavy atom. The van der Waals surface area contributed by atoms with Crippen LogP contribution in [0.2, 0.25) is 0 Å². The molecule has 7 nitrogen and oxygen atoms in total. The van der Waals surface area contributed by atoms with Gasteiger partial charge < -0.3 is 30.6 Å². The zero-order chi connectivity index (χ0) is 25.4. The number of fused-ring (bicyclic) bond motifs is 5. The molecule has 3 fully saturated rings. The molecule has 0 aromatic rings. The van der Waals surface area contributed by atoms with Gasteiger partial charge in [-0.25, -0.2) is 0 Å². The highest BCUT2D eigenvalue weighted by molar-refractivity contribution is 5.95. The lowest BCUT2D eigenvalue weighted by atomic mass is 9.45. The molecular formula is C27H44O7. The number of hydrogen-bond donors (Lipinski definition) is 6. The molecule has 4 aliphatic rings. The smallest absolute Gasteiger partial charge is 0.159 e. The summed E-state index contributed by atoms with van der Waals surface area (Å²) in [4.78, 5) is 13.3. The minimum absolute atomic E-state index is 0.0862. The van der Waals surface area contributed by atoms with Crippen LogP contribution in [0.4, 0.5) is 0 Å². The van der Waals surface area contributed by atoms with Crippen LogP contribution in [0.3, 0.4) is 0 Å². The van der Waals surface area contributed by atoms with Crippen LogP contribution in [-0.2, 0) is 4.79 Å². The first-order chi connectivity index (χ1) is 15.6. The van der Waals surface area contributed by atoms with Crippen molar-refractivity contribution in [3.8, 4) is 0 Å². The number of aliphatic hydroxyl groups is 6. The maximum absolute atomic E-state index is 13.3.